The summed E-state index contributed by atoms with van der Waals surface area (Å²) in [5.74, 6) is 0.0186. The fraction of sp³-hybridized carbons (Fsp3) is 0.588. The molecule has 0 bridgehead atoms. The monoisotopic (exact) mass is 291 g/mol. The molecule has 2 rings (SSSR count). The molecule has 21 heavy (non-hydrogen) atoms. The summed E-state index contributed by atoms with van der Waals surface area (Å²) in [6.07, 6.45) is 5.89. The summed E-state index contributed by atoms with van der Waals surface area (Å²) >= 11 is 0. The van der Waals surface area contributed by atoms with E-state index in [1.54, 1.807) is 0 Å². The molecule has 0 saturated heterocycles. The summed E-state index contributed by atoms with van der Waals surface area (Å²) < 4.78 is 4.95. The molecule has 0 heterocycles. The Balaban J connectivity index is 2.25. The number of carbonyl (C=O) groups excluding carboxylic acids is 1. The lowest BCUT2D eigenvalue weighted by atomic mass is 9.93. The zero-order chi connectivity index (χ0) is 15.4. The van der Waals surface area contributed by atoms with Crippen LogP contribution in [0.25, 0.3) is 0 Å². The van der Waals surface area contributed by atoms with Gasteiger partial charge < -0.3 is 9.84 Å². The normalized spacial score (nSPS) is 17.5. The molecule has 1 aromatic carbocycles. The van der Waals surface area contributed by atoms with Gasteiger partial charge in [-0.2, -0.15) is 0 Å². The third-order valence-corrected chi connectivity index (χ3v) is 4.29. The first kappa shape index (κ1) is 15.8. The lowest BCUT2D eigenvalue weighted by molar-refractivity contribution is -0.143. The number of nitrogens with one attached hydrogen (secondary N) is 1. The number of benzene rings is 1. The highest BCUT2D eigenvalue weighted by molar-refractivity contribution is 5.78. The lowest BCUT2D eigenvalue weighted by Gasteiger charge is -2.28. The van der Waals surface area contributed by atoms with E-state index in [-0.39, 0.29) is 5.97 Å². The molecule has 1 atom stereocenters. The number of hydrogen-bond acceptors (Lipinski definition) is 4. The zero-order valence-corrected chi connectivity index (χ0v) is 13.1. The van der Waals surface area contributed by atoms with Gasteiger partial charge in [0.1, 0.15) is 11.8 Å². The van der Waals surface area contributed by atoms with Gasteiger partial charge in [-0.15, -0.1) is 0 Å². The quantitative estimate of drug-likeness (QED) is 0.837. The molecule has 116 valence electrons. The molecule has 0 spiro atoms. The van der Waals surface area contributed by atoms with E-state index in [4.69, 9.17) is 4.74 Å². The topological polar surface area (TPSA) is 58.6 Å². The van der Waals surface area contributed by atoms with Crippen LogP contribution in [0.2, 0.25) is 0 Å². The second-order valence-corrected chi connectivity index (χ2v) is 5.96. The molecule has 2 N–H and O–H groups in total. The minimum Gasteiger partial charge on any atom is -0.507 e. The molecule has 1 saturated carbocycles. The molecule has 0 aliphatic heterocycles. The number of methoxy groups -OCH3 is 1. The Hall–Kier alpha value is -1.55. The van der Waals surface area contributed by atoms with Gasteiger partial charge >= 0.3 is 5.97 Å². The summed E-state index contributed by atoms with van der Waals surface area (Å²) in [7, 11) is 1.41. The highest BCUT2D eigenvalue weighted by atomic mass is 16.5. The molecule has 0 aromatic heterocycles. The van der Waals surface area contributed by atoms with E-state index in [0.717, 1.165) is 29.5 Å². The van der Waals surface area contributed by atoms with Crippen molar-refractivity contribution in [3.05, 3.63) is 28.8 Å². The highest BCUT2D eigenvalue weighted by Crippen LogP contribution is 2.28. The van der Waals surface area contributed by atoms with Crippen LogP contribution in [0.4, 0.5) is 0 Å². The summed E-state index contributed by atoms with van der Waals surface area (Å²) in [5, 5.41) is 13.3. The van der Waals surface area contributed by atoms with Gasteiger partial charge in [-0.25, -0.2) is 4.79 Å². The van der Waals surface area contributed by atoms with Crippen LogP contribution in [0.5, 0.6) is 5.75 Å². The van der Waals surface area contributed by atoms with Crippen molar-refractivity contribution in [1.29, 1.82) is 0 Å². The maximum absolute atomic E-state index is 12.1. The second-order valence-electron chi connectivity index (χ2n) is 5.96. The second kappa shape index (κ2) is 6.94. The maximum atomic E-state index is 12.1. The molecule has 1 aliphatic rings. The van der Waals surface area contributed by atoms with Crippen LogP contribution in [0.3, 0.4) is 0 Å². The van der Waals surface area contributed by atoms with E-state index < -0.39 is 6.04 Å². The van der Waals surface area contributed by atoms with Crippen molar-refractivity contribution >= 4 is 5.97 Å². The van der Waals surface area contributed by atoms with Gasteiger partial charge in [0.05, 0.1) is 7.11 Å². The van der Waals surface area contributed by atoms with Gasteiger partial charge in [0.2, 0.25) is 0 Å². The number of aromatic hydroxyl groups is 1. The Morgan fingerprint density at radius 1 is 1.24 bits per heavy atom. The fourth-order valence-corrected chi connectivity index (χ4v) is 3.08. The average Bonchev–Trinajstić information content (AvgIpc) is 2.50. The summed E-state index contributed by atoms with van der Waals surface area (Å²) in [6, 6.07) is 3.62. The standard InChI is InChI=1S/C17H25NO3/c1-11-9-13(10-12(2)16(11)19)15(17(20)21-3)18-14-7-5-4-6-8-14/h9-10,14-15,18-19H,4-8H2,1-3H3. The lowest BCUT2D eigenvalue weighted by Crippen LogP contribution is -2.38. The van der Waals surface area contributed by atoms with Crippen LogP contribution in [-0.2, 0) is 9.53 Å². The highest BCUT2D eigenvalue weighted by Gasteiger charge is 2.26. The number of esters is 1. The van der Waals surface area contributed by atoms with Crippen molar-refractivity contribution in [2.75, 3.05) is 7.11 Å². The van der Waals surface area contributed by atoms with E-state index in [2.05, 4.69) is 5.32 Å². The Labute approximate surface area is 126 Å². The number of hydrogen-bond donors (Lipinski definition) is 2. The van der Waals surface area contributed by atoms with Crippen LogP contribution in [0.15, 0.2) is 12.1 Å². The molecule has 0 radical (unpaired) electrons. The van der Waals surface area contributed by atoms with Gasteiger partial charge in [0, 0.05) is 6.04 Å². The van der Waals surface area contributed by atoms with Crippen molar-refractivity contribution in [3.63, 3.8) is 0 Å². The minimum atomic E-state index is -0.462. The Bertz CT molecular complexity index is 484. The molecule has 1 aliphatic carbocycles. The number of rotatable bonds is 4. The third kappa shape index (κ3) is 3.76. The first-order valence-corrected chi connectivity index (χ1v) is 7.67. The predicted molar refractivity (Wildman–Crippen MR) is 82.3 cm³/mol. The maximum Gasteiger partial charge on any atom is 0.327 e. The van der Waals surface area contributed by atoms with Crippen LogP contribution in [-0.4, -0.2) is 24.2 Å². The fourth-order valence-electron chi connectivity index (χ4n) is 3.08. The van der Waals surface area contributed by atoms with E-state index in [0.29, 0.717) is 11.8 Å². The van der Waals surface area contributed by atoms with Crippen LogP contribution in [0.1, 0.15) is 54.8 Å². The van der Waals surface area contributed by atoms with Gasteiger partial charge in [0.25, 0.3) is 0 Å². The molecule has 1 unspecified atom stereocenters. The van der Waals surface area contributed by atoms with E-state index in [1.807, 2.05) is 26.0 Å². The van der Waals surface area contributed by atoms with E-state index in [1.165, 1.54) is 26.4 Å². The SMILES string of the molecule is COC(=O)C(NC1CCCCC1)c1cc(C)c(O)c(C)c1. The van der Waals surface area contributed by atoms with E-state index >= 15 is 0 Å². The number of carbonyl (C=O) groups is 1. The van der Waals surface area contributed by atoms with Gasteiger partial charge in [-0.1, -0.05) is 31.4 Å². The predicted octanol–water partition coefficient (Wildman–Crippen LogP) is 3.15. The first-order valence-electron chi connectivity index (χ1n) is 7.67. The Morgan fingerprint density at radius 2 is 1.81 bits per heavy atom. The first-order chi connectivity index (χ1) is 10.0. The molecule has 1 fully saturated rings. The molecular weight excluding hydrogens is 266 g/mol. The smallest absolute Gasteiger partial charge is 0.327 e. The van der Waals surface area contributed by atoms with Crippen molar-refractivity contribution in [3.8, 4) is 5.75 Å². The van der Waals surface area contributed by atoms with Crippen LogP contribution in [0, 0.1) is 13.8 Å². The third-order valence-electron chi connectivity index (χ3n) is 4.29. The number of phenolic OH excluding ortho intramolecular Hbond substituents is 1. The van der Waals surface area contributed by atoms with Crippen LogP contribution >= 0.6 is 0 Å². The van der Waals surface area contributed by atoms with Gasteiger partial charge in [0.15, 0.2) is 0 Å². The molecule has 4 heteroatoms. The van der Waals surface area contributed by atoms with Crippen molar-refractivity contribution < 1.29 is 14.6 Å². The minimum absolute atomic E-state index is 0.273. The largest absolute Gasteiger partial charge is 0.507 e. The summed E-state index contributed by atoms with van der Waals surface area (Å²) in [4.78, 5) is 12.1. The van der Waals surface area contributed by atoms with Gasteiger partial charge in [-0.05, 0) is 43.4 Å². The van der Waals surface area contributed by atoms with Crippen molar-refractivity contribution in [2.45, 2.75) is 58.0 Å². The number of phenols is 1. The van der Waals surface area contributed by atoms with Crippen LogP contribution < -0.4 is 5.32 Å². The molecule has 4 nitrogen and oxygen atoms in total. The van der Waals surface area contributed by atoms with Gasteiger partial charge in [-0.3, -0.25) is 5.32 Å². The summed E-state index contributed by atoms with van der Waals surface area (Å²) in [6.45, 7) is 3.70. The van der Waals surface area contributed by atoms with Crippen molar-refractivity contribution in [1.82, 2.24) is 5.32 Å². The zero-order valence-electron chi connectivity index (χ0n) is 13.1. The van der Waals surface area contributed by atoms with Crippen molar-refractivity contribution in [2.24, 2.45) is 0 Å². The molecular formula is C17H25NO3. The summed E-state index contributed by atoms with van der Waals surface area (Å²) in [5.41, 5.74) is 2.42. The Kier molecular flexibility index (Phi) is 5.23. The van der Waals surface area contributed by atoms with E-state index in [9.17, 15) is 9.90 Å². The molecule has 0 amide bonds. The Morgan fingerprint density at radius 3 is 2.33 bits per heavy atom. The molecule has 1 aromatic rings. The average molecular weight is 291 g/mol. The number of ether oxygens (including phenoxy) is 1. The number of aryl methyl sites for hydroxylation is 2.